The summed E-state index contributed by atoms with van der Waals surface area (Å²) in [6.45, 7) is 2.19. The highest BCUT2D eigenvalue weighted by molar-refractivity contribution is 14.1. The van der Waals surface area contributed by atoms with Crippen molar-refractivity contribution >= 4 is 23.0 Å². The first kappa shape index (κ1) is 7.12. The Labute approximate surface area is 69.5 Å². The maximum atomic E-state index is 4.98. The molecule has 0 bridgehead atoms. The molecule has 1 aliphatic rings. The van der Waals surface area contributed by atoms with Crippen molar-refractivity contribution in [3.63, 3.8) is 0 Å². The number of hydrogen-bond acceptors (Lipinski definition) is 1. The fraction of sp³-hybridized carbons (Fsp3) is 0.429. The van der Waals surface area contributed by atoms with Gasteiger partial charge in [0.05, 0.1) is 0 Å². The minimum atomic E-state index is 0.681. The second kappa shape index (κ2) is 3.25. The van der Waals surface area contributed by atoms with Gasteiger partial charge in [-0.25, -0.2) is 0 Å². The van der Waals surface area contributed by atoms with Gasteiger partial charge in [-0.2, -0.15) is 0 Å². The largest absolute Gasteiger partial charge is 0.428 e. The van der Waals surface area contributed by atoms with Crippen molar-refractivity contribution in [2.24, 2.45) is 5.92 Å². The van der Waals surface area contributed by atoms with Gasteiger partial charge in [-0.15, -0.1) is 0 Å². The molecule has 0 radical (unpaired) electrons. The van der Waals surface area contributed by atoms with Crippen molar-refractivity contribution in [2.45, 2.75) is 13.3 Å². The summed E-state index contributed by atoms with van der Waals surface area (Å²) < 4.78 is 4.98. The summed E-state index contributed by atoms with van der Waals surface area (Å²) in [6, 6.07) is 0. The quantitative estimate of drug-likeness (QED) is 0.636. The summed E-state index contributed by atoms with van der Waals surface area (Å²) in [5.41, 5.74) is 0. The van der Waals surface area contributed by atoms with E-state index in [1.165, 1.54) is 0 Å². The molecule has 0 spiro atoms. The van der Waals surface area contributed by atoms with Crippen molar-refractivity contribution in [2.75, 3.05) is 0 Å². The van der Waals surface area contributed by atoms with Crippen LogP contribution in [0, 0.1) is 5.92 Å². The van der Waals surface area contributed by atoms with Crippen LogP contribution in [0.1, 0.15) is 13.3 Å². The van der Waals surface area contributed by atoms with Crippen LogP contribution >= 0.6 is 23.0 Å². The molecular weight excluding hydrogens is 227 g/mol. The zero-order valence-corrected chi connectivity index (χ0v) is 7.46. The highest BCUT2D eigenvalue weighted by atomic mass is 127. The third-order valence-corrected chi connectivity index (χ3v) is 1.88. The second-order valence-corrected chi connectivity index (χ2v) is 2.70. The molecule has 0 N–H and O–H groups in total. The van der Waals surface area contributed by atoms with E-state index in [2.05, 4.69) is 19.1 Å². The second-order valence-electron chi connectivity index (χ2n) is 2.26. The molecular formula is C7H9IO. The molecule has 1 nitrogen and oxygen atoms in total. The predicted octanol–water partition coefficient (Wildman–Crippen LogP) is 2.83. The van der Waals surface area contributed by atoms with Crippen molar-refractivity contribution in [3.8, 4) is 0 Å². The highest BCUT2D eigenvalue weighted by Gasteiger charge is 2.01. The fourth-order valence-corrected chi connectivity index (χ4v) is 1.09. The van der Waals surface area contributed by atoms with Crippen LogP contribution in [0.3, 0.4) is 0 Å². The van der Waals surface area contributed by atoms with Gasteiger partial charge >= 0.3 is 0 Å². The molecule has 50 valence electrons. The van der Waals surface area contributed by atoms with E-state index < -0.39 is 0 Å². The van der Waals surface area contributed by atoms with Gasteiger partial charge in [0.1, 0.15) is 5.76 Å². The van der Waals surface area contributed by atoms with E-state index in [4.69, 9.17) is 3.07 Å². The Balaban J connectivity index is 2.52. The molecule has 1 atom stereocenters. The Hall–Kier alpha value is 0.01000. The smallest absolute Gasteiger partial charge is 0.192 e. The molecule has 1 aliphatic carbocycles. The van der Waals surface area contributed by atoms with E-state index in [-0.39, 0.29) is 0 Å². The van der Waals surface area contributed by atoms with Crippen LogP contribution in [-0.2, 0) is 3.07 Å². The van der Waals surface area contributed by atoms with Gasteiger partial charge in [-0.3, -0.25) is 0 Å². The first-order valence-corrected chi connectivity index (χ1v) is 3.88. The molecule has 9 heavy (non-hydrogen) atoms. The van der Waals surface area contributed by atoms with Crippen molar-refractivity contribution in [3.05, 3.63) is 24.0 Å². The van der Waals surface area contributed by atoms with Crippen LogP contribution < -0.4 is 0 Å². The average Bonchev–Trinajstić information content (AvgIpc) is 1.90. The summed E-state index contributed by atoms with van der Waals surface area (Å²) in [6.07, 6.45) is 7.39. The van der Waals surface area contributed by atoms with Gasteiger partial charge < -0.3 is 3.07 Å². The monoisotopic (exact) mass is 236 g/mol. The lowest BCUT2D eigenvalue weighted by molar-refractivity contribution is 0.564. The number of allylic oxidation sites excluding steroid dienone is 3. The SMILES string of the molecule is CC1C=CC(OI)=CC1. The van der Waals surface area contributed by atoms with Gasteiger partial charge in [-0.05, 0) is 24.5 Å². The minimum Gasteiger partial charge on any atom is -0.428 e. The van der Waals surface area contributed by atoms with Gasteiger partial charge in [-0.1, -0.05) is 13.0 Å². The lowest BCUT2D eigenvalue weighted by Gasteiger charge is -2.08. The maximum absolute atomic E-state index is 4.98. The minimum absolute atomic E-state index is 0.681. The van der Waals surface area contributed by atoms with E-state index >= 15 is 0 Å². The highest BCUT2D eigenvalue weighted by Crippen LogP contribution is 2.17. The summed E-state index contributed by atoms with van der Waals surface area (Å²) in [5.74, 6) is 1.66. The zero-order chi connectivity index (χ0) is 6.69. The van der Waals surface area contributed by atoms with Gasteiger partial charge in [0.2, 0.25) is 0 Å². The van der Waals surface area contributed by atoms with Crippen LogP contribution in [0.25, 0.3) is 0 Å². The molecule has 1 unspecified atom stereocenters. The molecule has 0 saturated heterocycles. The van der Waals surface area contributed by atoms with Crippen LogP contribution in [0.5, 0.6) is 0 Å². The first-order chi connectivity index (χ1) is 4.33. The summed E-state index contributed by atoms with van der Waals surface area (Å²) in [7, 11) is 0. The molecule has 0 aromatic carbocycles. The first-order valence-electron chi connectivity index (χ1n) is 3.00. The number of rotatable bonds is 1. The van der Waals surface area contributed by atoms with Crippen molar-refractivity contribution in [1.82, 2.24) is 0 Å². The summed E-state index contributed by atoms with van der Waals surface area (Å²) >= 11 is 1.89. The lowest BCUT2D eigenvalue weighted by Crippen LogP contribution is -1.93. The Kier molecular flexibility index (Phi) is 2.57. The molecule has 2 heteroatoms. The topological polar surface area (TPSA) is 9.23 Å². The normalized spacial score (nSPS) is 25.6. The zero-order valence-electron chi connectivity index (χ0n) is 5.30. The predicted molar refractivity (Wildman–Crippen MR) is 46.1 cm³/mol. The number of halogens is 1. The average molecular weight is 236 g/mol. The molecule has 0 aliphatic heterocycles. The summed E-state index contributed by atoms with van der Waals surface area (Å²) in [5, 5.41) is 0. The van der Waals surface area contributed by atoms with E-state index in [0.717, 1.165) is 12.2 Å². The fourth-order valence-electron chi connectivity index (χ4n) is 0.765. The van der Waals surface area contributed by atoms with Gasteiger partial charge in [0, 0.05) is 0 Å². The molecule has 0 heterocycles. The van der Waals surface area contributed by atoms with E-state index in [1.807, 2.05) is 29.1 Å². The van der Waals surface area contributed by atoms with Crippen LogP contribution in [0.2, 0.25) is 0 Å². The van der Waals surface area contributed by atoms with Crippen LogP contribution in [0.4, 0.5) is 0 Å². The number of hydrogen-bond donors (Lipinski definition) is 0. The van der Waals surface area contributed by atoms with Crippen molar-refractivity contribution < 1.29 is 3.07 Å². The maximum Gasteiger partial charge on any atom is 0.192 e. The molecule has 0 fully saturated rings. The molecule has 1 rings (SSSR count). The van der Waals surface area contributed by atoms with Crippen molar-refractivity contribution in [1.29, 1.82) is 0 Å². The van der Waals surface area contributed by atoms with E-state index in [9.17, 15) is 0 Å². The van der Waals surface area contributed by atoms with Crippen LogP contribution in [-0.4, -0.2) is 0 Å². The molecule has 0 saturated carbocycles. The Bertz CT molecular complexity index is 149. The molecule has 0 amide bonds. The van der Waals surface area contributed by atoms with Gasteiger partial charge in [0.25, 0.3) is 0 Å². The van der Waals surface area contributed by atoms with Gasteiger partial charge in [0.15, 0.2) is 23.0 Å². The third-order valence-electron chi connectivity index (χ3n) is 1.37. The molecule has 0 aromatic rings. The standard InChI is InChI=1S/C7H9IO/c1-6-2-4-7(9-8)5-3-6/h2,4-6H,3H2,1H3. The Morgan fingerprint density at radius 1 is 1.78 bits per heavy atom. The molecule has 0 aromatic heterocycles. The Morgan fingerprint density at radius 2 is 2.56 bits per heavy atom. The van der Waals surface area contributed by atoms with E-state index in [0.29, 0.717) is 5.92 Å². The summed E-state index contributed by atoms with van der Waals surface area (Å²) in [4.78, 5) is 0. The van der Waals surface area contributed by atoms with E-state index in [1.54, 1.807) is 0 Å². The Morgan fingerprint density at radius 3 is 3.00 bits per heavy atom. The third kappa shape index (κ3) is 2.01. The van der Waals surface area contributed by atoms with Crippen LogP contribution in [0.15, 0.2) is 24.0 Å². The lowest BCUT2D eigenvalue weighted by atomic mass is 10.0.